The molecule has 1 amide bonds. The number of amides is 1. The van der Waals surface area contributed by atoms with Gasteiger partial charge in [-0.2, -0.15) is 4.31 Å². The summed E-state index contributed by atoms with van der Waals surface area (Å²) in [6.45, 7) is 8.83. The number of benzene rings is 1. The molecule has 0 aromatic heterocycles. The van der Waals surface area contributed by atoms with Crippen LogP contribution in [0.15, 0.2) is 29.2 Å². The number of hydrogen-bond donors (Lipinski definition) is 1. The minimum atomic E-state index is -3.44. The third kappa shape index (κ3) is 5.30. The van der Waals surface area contributed by atoms with Gasteiger partial charge in [-0.3, -0.25) is 4.79 Å². The molecule has 0 spiro atoms. The fourth-order valence-electron chi connectivity index (χ4n) is 2.15. The van der Waals surface area contributed by atoms with E-state index in [9.17, 15) is 13.2 Å². The van der Waals surface area contributed by atoms with Crippen molar-refractivity contribution in [1.29, 1.82) is 0 Å². The molecule has 0 heterocycles. The highest BCUT2D eigenvalue weighted by Crippen LogP contribution is 2.16. The number of carbonyl (C=O) groups excluding carboxylic acids is 1. The number of ether oxygens (including phenoxy) is 1. The quantitative estimate of drug-likeness (QED) is 0.742. The number of hydrogen-bond acceptors (Lipinski definition) is 4. The van der Waals surface area contributed by atoms with Gasteiger partial charge in [0.2, 0.25) is 15.9 Å². The van der Waals surface area contributed by atoms with Crippen LogP contribution in [0.1, 0.15) is 33.3 Å². The second kappa shape index (κ2) is 9.00. The van der Waals surface area contributed by atoms with E-state index >= 15 is 0 Å². The van der Waals surface area contributed by atoms with Crippen LogP contribution in [0.5, 0.6) is 0 Å². The van der Waals surface area contributed by atoms with Gasteiger partial charge in [-0.05, 0) is 31.5 Å². The van der Waals surface area contributed by atoms with E-state index in [1.807, 2.05) is 20.8 Å². The maximum atomic E-state index is 12.4. The summed E-state index contributed by atoms with van der Waals surface area (Å²) in [5, 5.41) is 2.76. The highest BCUT2D eigenvalue weighted by Gasteiger charge is 2.21. The lowest BCUT2D eigenvalue weighted by Crippen LogP contribution is -2.34. The maximum Gasteiger partial charge on any atom is 0.249 e. The summed E-state index contributed by atoms with van der Waals surface area (Å²) >= 11 is 0. The lowest BCUT2D eigenvalue weighted by Gasteiger charge is -2.18. The Morgan fingerprint density at radius 2 is 1.74 bits per heavy atom. The monoisotopic (exact) mass is 342 g/mol. The van der Waals surface area contributed by atoms with E-state index < -0.39 is 16.1 Å². The minimum absolute atomic E-state index is 0.188. The zero-order valence-electron chi connectivity index (χ0n) is 14.2. The Morgan fingerprint density at radius 3 is 2.22 bits per heavy atom. The highest BCUT2D eigenvalue weighted by molar-refractivity contribution is 7.89. The average molecular weight is 342 g/mol. The van der Waals surface area contributed by atoms with Crippen LogP contribution in [0.4, 0.5) is 0 Å². The van der Waals surface area contributed by atoms with Gasteiger partial charge in [-0.1, -0.05) is 26.0 Å². The summed E-state index contributed by atoms with van der Waals surface area (Å²) in [5.74, 6) is -0.188. The Labute approximate surface area is 138 Å². The Bertz CT molecular complexity index is 595. The van der Waals surface area contributed by atoms with Gasteiger partial charge >= 0.3 is 0 Å². The van der Waals surface area contributed by atoms with E-state index in [4.69, 9.17) is 4.74 Å². The molecule has 0 bridgehead atoms. The molecule has 23 heavy (non-hydrogen) atoms. The van der Waals surface area contributed by atoms with Crippen molar-refractivity contribution < 1.29 is 17.9 Å². The van der Waals surface area contributed by atoms with Crippen molar-refractivity contribution in [2.75, 3.05) is 19.7 Å². The van der Waals surface area contributed by atoms with Gasteiger partial charge < -0.3 is 10.1 Å². The largest absolute Gasteiger partial charge is 0.369 e. The predicted octanol–water partition coefficient (Wildman–Crippen LogP) is 1.76. The number of nitrogens with zero attached hydrogens (tertiary/aromatic N) is 1. The van der Waals surface area contributed by atoms with Crippen LogP contribution in [-0.2, 0) is 26.1 Å². The number of sulfonamides is 1. The Kier molecular flexibility index (Phi) is 7.67. The van der Waals surface area contributed by atoms with Crippen LogP contribution < -0.4 is 5.32 Å². The molecule has 0 saturated heterocycles. The van der Waals surface area contributed by atoms with Gasteiger partial charge in [-0.25, -0.2) is 8.42 Å². The fourth-order valence-corrected chi connectivity index (χ4v) is 3.61. The second-order valence-electron chi connectivity index (χ2n) is 5.05. The molecule has 0 radical (unpaired) electrons. The minimum Gasteiger partial charge on any atom is -0.369 e. The normalized spacial score (nSPS) is 13.1. The average Bonchev–Trinajstić information content (AvgIpc) is 2.54. The molecule has 0 saturated carbocycles. The van der Waals surface area contributed by atoms with Crippen LogP contribution in [0.2, 0.25) is 0 Å². The van der Waals surface area contributed by atoms with E-state index in [0.717, 1.165) is 5.56 Å². The van der Waals surface area contributed by atoms with Gasteiger partial charge in [0.05, 0.1) is 4.90 Å². The first kappa shape index (κ1) is 19.6. The van der Waals surface area contributed by atoms with Gasteiger partial charge in [-0.15, -0.1) is 0 Å². The first-order valence-electron chi connectivity index (χ1n) is 7.85. The van der Waals surface area contributed by atoms with E-state index in [1.165, 1.54) is 4.31 Å². The fraction of sp³-hybridized carbons (Fsp3) is 0.562. The molecular formula is C16H26N2O4S. The molecule has 1 aromatic carbocycles. The molecule has 0 fully saturated rings. The third-order valence-electron chi connectivity index (χ3n) is 3.52. The number of nitrogens with one attached hydrogen (secondary N) is 1. The van der Waals surface area contributed by atoms with Crippen LogP contribution in [0.25, 0.3) is 0 Å². The highest BCUT2D eigenvalue weighted by atomic mass is 32.2. The first-order chi connectivity index (χ1) is 10.9. The van der Waals surface area contributed by atoms with Gasteiger partial charge in [0.15, 0.2) is 0 Å². The summed E-state index contributed by atoms with van der Waals surface area (Å²) in [6.07, 6.45) is -0.498. The molecule has 1 rings (SSSR count). The molecule has 0 aliphatic carbocycles. The van der Waals surface area contributed by atoms with Crippen molar-refractivity contribution in [3.63, 3.8) is 0 Å². The van der Waals surface area contributed by atoms with Gasteiger partial charge in [0.1, 0.15) is 6.10 Å². The number of carbonyl (C=O) groups is 1. The van der Waals surface area contributed by atoms with E-state index in [-0.39, 0.29) is 10.8 Å². The molecule has 7 heteroatoms. The lowest BCUT2D eigenvalue weighted by atomic mass is 10.2. The van der Waals surface area contributed by atoms with Gasteiger partial charge in [0, 0.05) is 26.2 Å². The van der Waals surface area contributed by atoms with Crippen molar-refractivity contribution in [2.45, 2.75) is 45.2 Å². The van der Waals surface area contributed by atoms with Crippen LogP contribution in [-0.4, -0.2) is 44.4 Å². The SMILES string of the molecule is CCO[C@@H](C)C(=O)NCc1ccc(S(=O)(=O)N(CC)CC)cc1. The molecular weight excluding hydrogens is 316 g/mol. The Hall–Kier alpha value is -1.44. The van der Waals surface area contributed by atoms with Crippen LogP contribution in [0, 0.1) is 0 Å². The summed E-state index contributed by atoms with van der Waals surface area (Å²) in [5.41, 5.74) is 0.834. The Balaban J connectivity index is 2.72. The lowest BCUT2D eigenvalue weighted by molar-refractivity contribution is -0.131. The molecule has 6 nitrogen and oxygen atoms in total. The first-order valence-corrected chi connectivity index (χ1v) is 9.29. The van der Waals surface area contributed by atoms with E-state index in [1.54, 1.807) is 31.2 Å². The zero-order valence-corrected chi connectivity index (χ0v) is 15.0. The van der Waals surface area contributed by atoms with E-state index in [2.05, 4.69) is 5.32 Å². The molecule has 1 aromatic rings. The number of rotatable bonds is 9. The van der Waals surface area contributed by atoms with Crippen LogP contribution >= 0.6 is 0 Å². The van der Waals surface area contributed by atoms with Crippen molar-refractivity contribution in [1.82, 2.24) is 9.62 Å². The third-order valence-corrected chi connectivity index (χ3v) is 5.58. The zero-order chi connectivity index (χ0) is 17.5. The van der Waals surface area contributed by atoms with Gasteiger partial charge in [0.25, 0.3) is 0 Å². The summed E-state index contributed by atoms with van der Waals surface area (Å²) in [7, 11) is -3.44. The van der Waals surface area contributed by atoms with Crippen LogP contribution in [0.3, 0.4) is 0 Å². The summed E-state index contributed by atoms with van der Waals surface area (Å²) in [4.78, 5) is 12.0. The van der Waals surface area contributed by atoms with Crippen molar-refractivity contribution in [3.8, 4) is 0 Å². The molecule has 1 atom stereocenters. The smallest absolute Gasteiger partial charge is 0.249 e. The standard InChI is InChI=1S/C16H26N2O4S/c1-5-18(6-2)23(20,21)15-10-8-14(9-11-15)12-17-16(19)13(4)22-7-3/h8-11,13H,5-7,12H2,1-4H3,(H,17,19)/t13-/m0/s1. The van der Waals surface area contributed by atoms with Crippen molar-refractivity contribution >= 4 is 15.9 Å². The molecule has 0 aliphatic heterocycles. The Morgan fingerprint density at radius 1 is 1.17 bits per heavy atom. The molecule has 0 unspecified atom stereocenters. The van der Waals surface area contributed by atoms with Crippen molar-refractivity contribution in [3.05, 3.63) is 29.8 Å². The second-order valence-corrected chi connectivity index (χ2v) is 6.99. The van der Waals surface area contributed by atoms with E-state index in [0.29, 0.717) is 26.2 Å². The molecule has 0 aliphatic rings. The predicted molar refractivity (Wildman–Crippen MR) is 89.5 cm³/mol. The topological polar surface area (TPSA) is 75.7 Å². The van der Waals surface area contributed by atoms with Crippen molar-refractivity contribution in [2.24, 2.45) is 0 Å². The maximum absolute atomic E-state index is 12.4. The molecule has 1 N–H and O–H groups in total. The summed E-state index contributed by atoms with van der Waals surface area (Å²) in [6, 6.07) is 6.56. The summed E-state index contributed by atoms with van der Waals surface area (Å²) < 4.78 is 31.4. The molecule has 130 valence electrons.